The van der Waals surface area contributed by atoms with Gasteiger partial charge in [0.2, 0.25) is 5.91 Å². The van der Waals surface area contributed by atoms with E-state index < -0.39 is 10.0 Å². The number of carbonyl (C=O) groups is 1. The number of hydrogen-bond acceptors (Lipinski definition) is 4. The first-order valence-electron chi connectivity index (χ1n) is 12.3. The topological polar surface area (TPSA) is 75.7 Å². The largest absolute Gasteiger partial charge is 0.457 e. The molecule has 36 heavy (non-hydrogen) atoms. The van der Waals surface area contributed by atoms with Crippen molar-refractivity contribution in [2.75, 3.05) is 17.4 Å². The summed E-state index contributed by atoms with van der Waals surface area (Å²) in [7, 11) is -3.96. The molecule has 0 saturated carbocycles. The first-order chi connectivity index (χ1) is 17.4. The van der Waals surface area contributed by atoms with Crippen molar-refractivity contribution in [1.82, 2.24) is 5.32 Å². The Kier molecular flexibility index (Phi) is 8.44. The van der Waals surface area contributed by atoms with Gasteiger partial charge in [0.15, 0.2) is 0 Å². The van der Waals surface area contributed by atoms with E-state index in [2.05, 4.69) is 11.4 Å². The van der Waals surface area contributed by atoms with E-state index in [-0.39, 0.29) is 17.3 Å². The van der Waals surface area contributed by atoms with Crippen molar-refractivity contribution >= 4 is 21.6 Å². The second-order valence-electron chi connectivity index (χ2n) is 8.94. The highest BCUT2D eigenvalue weighted by molar-refractivity contribution is 7.92. The van der Waals surface area contributed by atoms with E-state index in [0.29, 0.717) is 23.7 Å². The normalized spacial score (nSPS) is 13.5. The number of benzene rings is 3. The maximum Gasteiger partial charge on any atom is 0.264 e. The smallest absolute Gasteiger partial charge is 0.264 e. The monoisotopic (exact) mass is 504 g/mol. The highest BCUT2D eigenvalue weighted by atomic mass is 32.2. The molecule has 188 valence electrons. The standard InChI is InChI=1S/C29H32N2O4S/c1-23-12-18-28(19-13-23)36(33,34)31(22-29(32)30-21-20-24-8-4-2-5-9-24)25-14-16-27(17-15-25)35-26-10-6-3-7-11-26/h3,6-8,10-19H,2,4-5,9,20-22H2,1H3,(H,30,32). The molecule has 0 bridgehead atoms. The van der Waals surface area contributed by atoms with E-state index in [1.165, 1.54) is 18.4 Å². The first-order valence-corrected chi connectivity index (χ1v) is 13.7. The summed E-state index contributed by atoms with van der Waals surface area (Å²) in [6.07, 6.45) is 7.62. The Morgan fingerprint density at radius 1 is 0.917 bits per heavy atom. The number of hydrogen-bond donors (Lipinski definition) is 1. The molecule has 3 aromatic carbocycles. The summed E-state index contributed by atoms with van der Waals surface area (Å²) >= 11 is 0. The van der Waals surface area contributed by atoms with Crippen LogP contribution in [0.5, 0.6) is 11.5 Å². The van der Waals surface area contributed by atoms with Crippen LogP contribution in [0, 0.1) is 6.92 Å². The molecule has 0 saturated heterocycles. The van der Waals surface area contributed by atoms with Gasteiger partial charge in [-0.25, -0.2) is 8.42 Å². The molecular weight excluding hydrogens is 472 g/mol. The molecule has 1 N–H and O–H groups in total. The van der Waals surface area contributed by atoms with Gasteiger partial charge in [0, 0.05) is 6.54 Å². The summed E-state index contributed by atoms with van der Waals surface area (Å²) in [5.41, 5.74) is 2.71. The molecule has 0 aromatic heterocycles. The Labute approximate surface area is 213 Å². The van der Waals surface area contributed by atoms with Crippen LogP contribution in [0.25, 0.3) is 0 Å². The summed E-state index contributed by atoms with van der Waals surface area (Å²) in [5.74, 6) is 0.913. The summed E-state index contributed by atoms with van der Waals surface area (Å²) in [4.78, 5) is 13.0. The lowest BCUT2D eigenvalue weighted by Gasteiger charge is -2.24. The average molecular weight is 505 g/mol. The van der Waals surface area contributed by atoms with Gasteiger partial charge in [0.05, 0.1) is 10.6 Å². The molecule has 0 aliphatic heterocycles. The van der Waals surface area contributed by atoms with Gasteiger partial charge >= 0.3 is 0 Å². The number of nitrogens with one attached hydrogen (secondary N) is 1. The fourth-order valence-corrected chi connectivity index (χ4v) is 5.56. The predicted octanol–water partition coefficient (Wildman–Crippen LogP) is 5.99. The molecule has 0 fully saturated rings. The van der Waals surface area contributed by atoms with E-state index in [0.717, 1.165) is 29.1 Å². The Bertz CT molecular complexity index is 1290. The summed E-state index contributed by atoms with van der Waals surface area (Å²) in [5, 5.41) is 2.90. The fourth-order valence-electron chi connectivity index (χ4n) is 4.14. The SMILES string of the molecule is Cc1ccc(S(=O)(=O)N(CC(=O)NCCC2=CCCCC2)c2ccc(Oc3ccccc3)cc2)cc1. The molecule has 1 aliphatic carbocycles. The summed E-state index contributed by atoms with van der Waals surface area (Å²) < 4.78 is 34.2. The first kappa shape index (κ1) is 25.5. The molecule has 0 atom stereocenters. The highest BCUT2D eigenvalue weighted by Gasteiger charge is 2.27. The number of nitrogens with zero attached hydrogens (tertiary/aromatic N) is 1. The minimum absolute atomic E-state index is 0.137. The summed E-state index contributed by atoms with van der Waals surface area (Å²) in [6.45, 7) is 2.08. The van der Waals surface area contributed by atoms with E-state index >= 15 is 0 Å². The number of carbonyl (C=O) groups excluding carboxylic acids is 1. The lowest BCUT2D eigenvalue weighted by atomic mass is 9.97. The minimum atomic E-state index is -3.96. The van der Waals surface area contributed by atoms with Crippen LogP contribution in [0.3, 0.4) is 0 Å². The van der Waals surface area contributed by atoms with Crippen LogP contribution in [0.2, 0.25) is 0 Å². The maximum absolute atomic E-state index is 13.6. The quantitative estimate of drug-likeness (QED) is 0.344. The van der Waals surface area contributed by atoms with Crippen molar-refractivity contribution in [2.24, 2.45) is 0 Å². The second-order valence-corrected chi connectivity index (χ2v) is 10.8. The van der Waals surface area contributed by atoms with Gasteiger partial charge in [-0.15, -0.1) is 0 Å². The molecule has 0 unspecified atom stereocenters. The highest BCUT2D eigenvalue weighted by Crippen LogP contribution is 2.28. The van der Waals surface area contributed by atoms with Crippen molar-refractivity contribution in [3.8, 4) is 11.5 Å². The maximum atomic E-state index is 13.6. The minimum Gasteiger partial charge on any atom is -0.457 e. The number of ether oxygens (including phenoxy) is 1. The number of para-hydroxylation sites is 1. The van der Waals surface area contributed by atoms with Crippen LogP contribution in [-0.4, -0.2) is 27.4 Å². The molecule has 6 nitrogen and oxygen atoms in total. The molecule has 4 rings (SSSR count). The van der Waals surface area contributed by atoms with Crippen LogP contribution in [0.4, 0.5) is 5.69 Å². The predicted molar refractivity (Wildman–Crippen MR) is 143 cm³/mol. The van der Waals surface area contributed by atoms with E-state index in [9.17, 15) is 13.2 Å². The molecule has 7 heteroatoms. The second kappa shape index (κ2) is 11.9. The third-order valence-electron chi connectivity index (χ3n) is 6.15. The van der Waals surface area contributed by atoms with Gasteiger partial charge in [0.1, 0.15) is 18.0 Å². The van der Waals surface area contributed by atoms with E-state index in [4.69, 9.17) is 4.74 Å². The van der Waals surface area contributed by atoms with Crippen molar-refractivity contribution in [1.29, 1.82) is 0 Å². The van der Waals surface area contributed by atoms with Crippen LogP contribution in [-0.2, 0) is 14.8 Å². The number of anilines is 1. The molecule has 1 amide bonds. The molecule has 0 radical (unpaired) electrons. The van der Waals surface area contributed by atoms with Gasteiger partial charge in [-0.05, 0) is 87.6 Å². The van der Waals surface area contributed by atoms with Crippen LogP contribution >= 0.6 is 0 Å². The van der Waals surface area contributed by atoms with Crippen molar-refractivity contribution < 1.29 is 17.9 Å². The molecular formula is C29H32N2O4S. The van der Waals surface area contributed by atoms with Crippen molar-refractivity contribution in [2.45, 2.75) is 43.9 Å². The Hall–Kier alpha value is -3.58. The van der Waals surface area contributed by atoms with Gasteiger partial charge < -0.3 is 10.1 Å². The number of aryl methyl sites for hydroxylation is 1. The van der Waals surface area contributed by atoms with Gasteiger partial charge in [0.25, 0.3) is 10.0 Å². The number of sulfonamides is 1. The number of allylic oxidation sites excluding steroid dienone is 1. The molecule has 0 heterocycles. The lowest BCUT2D eigenvalue weighted by molar-refractivity contribution is -0.119. The lowest BCUT2D eigenvalue weighted by Crippen LogP contribution is -2.41. The summed E-state index contributed by atoms with van der Waals surface area (Å²) in [6, 6.07) is 22.7. The molecule has 1 aliphatic rings. The zero-order valence-corrected chi connectivity index (χ0v) is 21.3. The third kappa shape index (κ3) is 6.76. The van der Waals surface area contributed by atoms with E-state index in [1.807, 2.05) is 37.3 Å². The van der Waals surface area contributed by atoms with Gasteiger partial charge in [-0.1, -0.05) is 47.5 Å². The van der Waals surface area contributed by atoms with Crippen LogP contribution in [0.15, 0.2) is 95.4 Å². The molecule has 3 aromatic rings. The Balaban J connectivity index is 1.51. The van der Waals surface area contributed by atoms with Gasteiger partial charge in [-0.3, -0.25) is 9.10 Å². The molecule has 0 spiro atoms. The van der Waals surface area contributed by atoms with Crippen LogP contribution < -0.4 is 14.4 Å². The van der Waals surface area contributed by atoms with E-state index in [1.54, 1.807) is 48.5 Å². The van der Waals surface area contributed by atoms with Crippen LogP contribution in [0.1, 0.15) is 37.7 Å². The van der Waals surface area contributed by atoms with Crippen molar-refractivity contribution in [3.63, 3.8) is 0 Å². The van der Waals surface area contributed by atoms with Gasteiger partial charge in [-0.2, -0.15) is 0 Å². The number of amides is 1. The average Bonchev–Trinajstić information content (AvgIpc) is 2.89. The fraction of sp³-hybridized carbons (Fsp3) is 0.276. The zero-order chi connectivity index (χ0) is 25.4. The number of rotatable bonds is 10. The Morgan fingerprint density at radius 2 is 1.61 bits per heavy atom. The third-order valence-corrected chi connectivity index (χ3v) is 7.94. The Morgan fingerprint density at radius 3 is 2.28 bits per heavy atom. The van der Waals surface area contributed by atoms with Crippen molar-refractivity contribution in [3.05, 3.63) is 96.1 Å². The zero-order valence-electron chi connectivity index (χ0n) is 20.5.